The first-order valence-corrected chi connectivity index (χ1v) is 6.35. The molecular weight excluding hydrogens is 230 g/mol. The first-order chi connectivity index (χ1) is 8.59. The number of H-pyrrole nitrogens is 1. The van der Waals surface area contributed by atoms with Crippen LogP contribution < -0.4 is 11.3 Å². The molecule has 0 saturated carbocycles. The van der Waals surface area contributed by atoms with E-state index in [4.69, 9.17) is 5.73 Å². The Labute approximate surface area is 106 Å². The van der Waals surface area contributed by atoms with Gasteiger partial charge < -0.3 is 15.6 Å². The van der Waals surface area contributed by atoms with Crippen LogP contribution in [0.1, 0.15) is 36.5 Å². The van der Waals surface area contributed by atoms with Crippen molar-refractivity contribution in [3.63, 3.8) is 0 Å². The maximum atomic E-state index is 12.4. The van der Waals surface area contributed by atoms with Gasteiger partial charge in [0.05, 0.1) is 0 Å². The van der Waals surface area contributed by atoms with Crippen molar-refractivity contribution in [2.75, 3.05) is 6.54 Å². The number of hydrogen-bond acceptors (Lipinski definition) is 3. The normalized spacial score (nSPS) is 21.7. The number of aromatic amines is 1. The van der Waals surface area contributed by atoms with Gasteiger partial charge in [0.2, 0.25) is 5.56 Å². The van der Waals surface area contributed by atoms with Gasteiger partial charge >= 0.3 is 0 Å². The molecule has 0 bridgehead atoms. The summed E-state index contributed by atoms with van der Waals surface area (Å²) < 4.78 is 0. The van der Waals surface area contributed by atoms with Crippen molar-refractivity contribution >= 4 is 5.91 Å². The minimum Gasteiger partial charge on any atom is -0.334 e. The Morgan fingerprint density at radius 1 is 1.56 bits per heavy atom. The van der Waals surface area contributed by atoms with Crippen LogP contribution in [0, 0.1) is 0 Å². The molecule has 1 aromatic heterocycles. The predicted molar refractivity (Wildman–Crippen MR) is 69.4 cm³/mol. The lowest BCUT2D eigenvalue weighted by Gasteiger charge is -2.38. The smallest absolute Gasteiger partial charge is 0.254 e. The third-order valence-corrected chi connectivity index (χ3v) is 3.44. The van der Waals surface area contributed by atoms with Crippen LogP contribution in [-0.4, -0.2) is 34.4 Å². The topological polar surface area (TPSA) is 79.2 Å². The van der Waals surface area contributed by atoms with Crippen molar-refractivity contribution in [1.29, 1.82) is 0 Å². The SMILES string of the molecule is CC(N)C1CCCCN1C(=O)c1cc[nH]c(=O)c1. The molecular formula is C13H19N3O2. The van der Waals surface area contributed by atoms with E-state index in [9.17, 15) is 9.59 Å². The van der Waals surface area contributed by atoms with Gasteiger partial charge in [-0.1, -0.05) is 0 Å². The van der Waals surface area contributed by atoms with E-state index in [0.717, 1.165) is 25.8 Å². The molecule has 18 heavy (non-hydrogen) atoms. The molecule has 1 saturated heterocycles. The number of nitrogens with two attached hydrogens (primary N) is 1. The van der Waals surface area contributed by atoms with Gasteiger partial charge in [0, 0.05) is 36.5 Å². The van der Waals surface area contributed by atoms with E-state index in [1.54, 1.807) is 6.07 Å². The fourth-order valence-corrected chi connectivity index (χ4v) is 2.50. The largest absolute Gasteiger partial charge is 0.334 e. The lowest BCUT2D eigenvalue weighted by molar-refractivity contribution is 0.0583. The third kappa shape index (κ3) is 2.61. The highest BCUT2D eigenvalue weighted by Crippen LogP contribution is 2.20. The van der Waals surface area contributed by atoms with E-state index in [1.165, 1.54) is 12.3 Å². The lowest BCUT2D eigenvalue weighted by Crippen LogP contribution is -2.51. The summed E-state index contributed by atoms with van der Waals surface area (Å²) in [5.41, 5.74) is 6.12. The third-order valence-electron chi connectivity index (χ3n) is 3.44. The van der Waals surface area contributed by atoms with Crippen molar-refractivity contribution in [2.24, 2.45) is 5.73 Å². The van der Waals surface area contributed by atoms with E-state index in [2.05, 4.69) is 4.98 Å². The molecule has 98 valence electrons. The summed E-state index contributed by atoms with van der Waals surface area (Å²) in [5.74, 6) is -0.0944. The van der Waals surface area contributed by atoms with Crippen molar-refractivity contribution in [3.05, 3.63) is 34.2 Å². The number of likely N-dealkylation sites (tertiary alicyclic amines) is 1. The molecule has 0 spiro atoms. The molecule has 1 amide bonds. The van der Waals surface area contributed by atoms with Crippen molar-refractivity contribution in [1.82, 2.24) is 9.88 Å². The van der Waals surface area contributed by atoms with Crippen LogP contribution in [0.4, 0.5) is 0 Å². The molecule has 1 aromatic rings. The Morgan fingerprint density at radius 3 is 3.00 bits per heavy atom. The number of aromatic nitrogens is 1. The summed E-state index contributed by atoms with van der Waals surface area (Å²) >= 11 is 0. The van der Waals surface area contributed by atoms with E-state index in [0.29, 0.717) is 5.56 Å². The van der Waals surface area contributed by atoms with Gasteiger partial charge in [-0.3, -0.25) is 9.59 Å². The number of nitrogens with one attached hydrogen (secondary N) is 1. The van der Waals surface area contributed by atoms with E-state index >= 15 is 0 Å². The highest BCUT2D eigenvalue weighted by Gasteiger charge is 2.29. The zero-order valence-electron chi connectivity index (χ0n) is 10.6. The van der Waals surface area contributed by atoms with Crippen LogP contribution in [0.5, 0.6) is 0 Å². The summed E-state index contributed by atoms with van der Waals surface area (Å²) in [4.78, 5) is 27.9. The van der Waals surface area contributed by atoms with Gasteiger partial charge in [0.1, 0.15) is 0 Å². The van der Waals surface area contributed by atoms with Gasteiger partial charge in [0.15, 0.2) is 0 Å². The Bertz CT molecular complexity index is 481. The summed E-state index contributed by atoms with van der Waals surface area (Å²) in [5, 5.41) is 0. The molecule has 1 aliphatic heterocycles. The maximum absolute atomic E-state index is 12.4. The standard InChI is InChI=1S/C13H19N3O2/c1-9(14)11-4-2-3-7-16(11)13(18)10-5-6-15-12(17)8-10/h5-6,8-9,11H,2-4,7,14H2,1H3,(H,15,17). The second-order valence-electron chi connectivity index (χ2n) is 4.86. The number of pyridine rings is 1. The molecule has 2 unspecified atom stereocenters. The molecule has 1 fully saturated rings. The molecule has 3 N–H and O–H groups in total. The first-order valence-electron chi connectivity index (χ1n) is 6.35. The zero-order valence-corrected chi connectivity index (χ0v) is 10.6. The minimum atomic E-state index is -0.254. The Morgan fingerprint density at radius 2 is 2.33 bits per heavy atom. The van der Waals surface area contributed by atoms with Crippen LogP contribution in [0.15, 0.2) is 23.1 Å². The summed E-state index contributed by atoms with van der Waals surface area (Å²) in [6, 6.07) is 3.01. The van der Waals surface area contributed by atoms with Crippen molar-refractivity contribution in [2.45, 2.75) is 38.3 Å². The molecule has 2 rings (SSSR count). The van der Waals surface area contributed by atoms with Gasteiger partial charge in [-0.15, -0.1) is 0 Å². The van der Waals surface area contributed by atoms with Crippen LogP contribution in [-0.2, 0) is 0 Å². The Kier molecular flexibility index (Phi) is 3.81. The number of piperidine rings is 1. The molecule has 1 aliphatic rings. The number of amides is 1. The van der Waals surface area contributed by atoms with Gasteiger partial charge in [-0.05, 0) is 32.3 Å². The van der Waals surface area contributed by atoms with Crippen molar-refractivity contribution in [3.8, 4) is 0 Å². The molecule has 2 atom stereocenters. The molecule has 5 heteroatoms. The van der Waals surface area contributed by atoms with Gasteiger partial charge in [-0.25, -0.2) is 0 Å². The van der Waals surface area contributed by atoms with Crippen LogP contribution in [0.2, 0.25) is 0 Å². The number of rotatable bonds is 2. The van der Waals surface area contributed by atoms with E-state index in [1.807, 2.05) is 11.8 Å². The first kappa shape index (κ1) is 12.8. The molecule has 0 aromatic carbocycles. The Balaban J connectivity index is 2.23. The summed E-state index contributed by atoms with van der Waals surface area (Å²) in [7, 11) is 0. The number of carbonyl (C=O) groups excluding carboxylic acids is 1. The molecule has 0 aliphatic carbocycles. The van der Waals surface area contributed by atoms with Crippen LogP contribution in [0.3, 0.4) is 0 Å². The second-order valence-corrected chi connectivity index (χ2v) is 4.86. The highest BCUT2D eigenvalue weighted by molar-refractivity contribution is 5.94. The molecule has 0 radical (unpaired) electrons. The van der Waals surface area contributed by atoms with Crippen molar-refractivity contribution < 1.29 is 4.79 Å². The Hall–Kier alpha value is -1.62. The second kappa shape index (κ2) is 5.35. The molecule has 5 nitrogen and oxygen atoms in total. The van der Waals surface area contributed by atoms with E-state index in [-0.39, 0.29) is 23.6 Å². The number of nitrogens with zero attached hydrogens (tertiary/aromatic N) is 1. The summed E-state index contributed by atoms with van der Waals surface area (Å²) in [6.07, 6.45) is 4.54. The molecule has 2 heterocycles. The fourth-order valence-electron chi connectivity index (χ4n) is 2.50. The average Bonchev–Trinajstić information content (AvgIpc) is 2.38. The van der Waals surface area contributed by atoms with E-state index < -0.39 is 0 Å². The van der Waals surface area contributed by atoms with Crippen LogP contribution in [0.25, 0.3) is 0 Å². The van der Waals surface area contributed by atoms with Gasteiger partial charge in [0.25, 0.3) is 5.91 Å². The average molecular weight is 249 g/mol. The highest BCUT2D eigenvalue weighted by atomic mass is 16.2. The quantitative estimate of drug-likeness (QED) is 0.810. The monoisotopic (exact) mass is 249 g/mol. The lowest BCUT2D eigenvalue weighted by atomic mass is 9.96. The number of hydrogen-bond donors (Lipinski definition) is 2. The predicted octanol–water partition coefficient (Wildman–Crippen LogP) is 0.717. The maximum Gasteiger partial charge on any atom is 0.254 e. The minimum absolute atomic E-state index is 0.0451. The van der Waals surface area contributed by atoms with Gasteiger partial charge in [-0.2, -0.15) is 0 Å². The summed E-state index contributed by atoms with van der Waals surface area (Å²) in [6.45, 7) is 2.64. The van der Waals surface area contributed by atoms with Crippen LogP contribution >= 0.6 is 0 Å². The zero-order chi connectivity index (χ0) is 13.1. The number of carbonyl (C=O) groups is 1. The fraction of sp³-hybridized carbons (Fsp3) is 0.538.